The maximum absolute atomic E-state index is 12.2. The van der Waals surface area contributed by atoms with Crippen LogP contribution in [-0.2, 0) is 0 Å². The smallest absolute Gasteiger partial charge is 0.319 e. The van der Waals surface area contributed by atoms with E-state index in [1.165, 1.54) is 5.56 Å². The molecule has 0 saturated heterocycles. The maximum atomic E-state index is 12.2. The molecule has 0 radical (unpaired) electrons. The minimum atomic E-state index is -0.193. The molecule has 2 N–H and O–H groups in total. The zero-order chi connectivity index (χ0) is 18.4. The van der Waals surface area contributed by atoms with Crippen molar-refractivity contribution in [3.8, 4) is 0 Å². The number of rotatable bonds is 7. The van der Waals surface area contributed by atoms with E-state index >= 15 is 0 Å². The van der Waals surface area contributed by atoms with Crippen molar-refractivity contribution in [3.63, 3.8) is 0 Å². The summed E-state index contributed by atoms with van der Waals surface area (Å²) < 4.78 is 1.75. The first-order valence-corrected chi connectivity index (χ1v) is 10.0. The second-order valence-electron chi connectivity index (χ2n) is 6.82. The fourth-order valence-electron chi connectivity index (χ4n) is 2.61. The average Bonchev–Trinajstić information content (AvgIpc) is 2.46. The number of nitrogens with zero attached hydrogens (tertiary/aromatic N) is 1. The van der Waals surface area contributed by atoms with Crippen molar-refractivity contribution in [2.24, 2.45) is 0 Å². The molecule has 1 rings (SSSR count). The number of carbonyl (C=O) groups is 1. The Hall–Kier alpha value is -0.590. The molecule has 4 nitrogen and oxygen atoms in total. The van der Waals surface area contributed by atoms with Gasteiger partial charge < -0.3 is 10.6 Å². The van der Waals surface area contributed by atoms with Gasteiger partial charge in [0.05, 0.1) is 5.69 Å². The van der Waals surface area contributed by atoms with Crippen LogP contribution < -0.4 is 10.6 Å². The van der Waals surface area contributed by atoms with Gasteiger partial charge in [-0.2, -0.15) is 0 Å². The normalized spacial score (nSPS) is 11.7. The van der Waals surface area contributed by atoms with E-state index in [0.717, 1.165) is 21.2 Å². The molecule has 0 aliphatic rings. The van der Waals surface area contributed by atoms with E-state index in [4.69, 9.17) is 0 Å². The molecule has 0 atom stereocenters. The van der Waals surface area contributed by atoms with Gasteiger partial charge >= 0.3 is 6.03 Å². The largest absolute Gasteiger partial charge is 0.337 e. The summed E-state index contributed by atoms with van der Waals surface area (Å²) in [5.74, 6) is 0.429. The molecule has 1 aromatic carbocycles. The Morgan fingerprint density at radius 1 is 1.04 bits per heavy atom. The van der Waals surface area contributed by atoms with Crippen molar-refractivity contribution in [3.05, 3.63) is 26.6 Å². The molecule has 0 aliphatic carbocycles. The highest BCUT2D eigenvalue weighted by Gasteiger charge is 2.15. The van der Waals surface area contributed by atoms with E-state index in [-0.39, 0.29) is 6.03 Å². The number of nitrogens with one attached hydrogen (secondary N) is 2. The van der Waals surface area contributed by atoms with Crippen LogP contribution in [0.15, 0.2) is 21.1 Å². The van der Waals surface area contributed by atoms with Gasteiger partial charge in [-0.3, -0.25) is 4.90 Å². The van der Waals surface area contributed by atoms with Crippen molar-refractivity contribution in [2.75, 3.05) is 18.4 Å². The lowest BCUT2D eigenvalue weighted by molar-refractivity contribution is 0.176. The van der Waals surface area contributed by atoms with Crippen molar-refractivity contribution in [1.82, 2.24) is 10.2 Å². The Morgan fingerprint density at radius 3 is 1.96 bits per heavy atom. The van der Waals surface area contributed by atoms with Crippen LogP contribution in [0.25, 0.3) is 0 Å². The van der Waals surface area contributed by atoms with Gasteiger partial charge in [-0.05, 0) is 83.2 Å². The van der Waals surface area contributed by atoms with Crippen LogP contribution in [0.4, 0.5) is 10.5 Å². The lowest BCUT2D eigenvalue weighted by atomic mass is 10.0. The van der Waals surface area contributed by atoms with Gasteiger partial charge in [-0.15, -0.1) is 0 Å². The predicted octanol–water partition coefficient (Wildman–Crippen LogP) is 5.58. The quantitative estimate of drug-likeness (QED) is 0.555. The molecule has 0 fully saturated rings. The average molecular weight is 463 g/mol. The zero-order valence-electron chi connectivity index (χ0n) is 15.4. The Bertz CT molecular complexity index is 528. The van der Waals surface area contributed by atoms with E-state index in [1.54, 1.807) is 0 Å². The fourth-order valence-corrected chi connectivity index (χ4v) is 4.03. The van der Waals surface area contributed by atoms with E-state index < -0.39 is 0 Å². The first kappa shape index (κ1) is 21.5. The molecule has 0 unspecified atom stereocenters. The number of carbonyl (C=O) groups excluding carboxylic acids is 1. The van der Waals surface area contributed by atoms with Gasteiger partial charge in [0.1, 0.15) is 0 Å². The number of urea groups is 1. The van der Waals surface area contributed by atoms with Gasteiger partial charge in [0, 0.05) is 34.1 Å². The fraction of sp³-hybridized carbons (Fsp3) is 0.611. The summed E-state index contributed by atoms with van der Waals surface area (Å²) in [6.45, 7) is 14.4. The molecule has 2 amide bonds. The zero-order valence-corrected chi connectivity index (χ0v) is 18.6. The van der Waals surface area contributed by atoms with Gasteiger partial charge in [-0.25, -0.2) is 4.79 Å². The van der Waals surface area contributed by atoms with Crippen LogP contribution in [0, 0.1) is 0 Å². The standard InChI is InChI=1S/C18H29Br2N3O/c1-11(2)14-9-15(19)17(16(20)10-14)22-18(24)21-7-8-23(12(3)4)13(5)6/h9-13H,7-8H2,1-6H3,(H2,21,22,24). The summed E-state index contributed by atoms with van der Waals surface area (Å²) in [6.07, 6.45) is 0. The highest BCUT2D eigenvalue weighted by atomic mass is 79.9. The molecule has 6 heteroatoms. The Labute approximate surface area is 163 Å². The predicted molar refractivity (Wildman–Crippen MR) is 110 cm³/mol. The number of halogens is 2. The van der Waals surface area contributed by atoms with Crippen LogP contribution in [0.1, 0.15) is 53.0 Å². The summed E-state index contributed by atoms with van der Waals surface area (Å²) in [5, 5.41) is 5.84. The molecular formula is C18H29Br2N3O. The molecule has 0 aliphatic heterocycles. The van der Waals surface area contributed by atoms with Gasteiger partial charge in [-0.1, -0.05) is 13.8 Å². The summed E-state index contributed by atoms with van der Waals surface area (Å²) in [4.78, 5) is 14.5. The Balaban J connectivity index is 2.63. The molecule has 24 heavy (non-hydrogen) atoms. The number of hydrogen-bond acceptors (Lipinski definition) is 2. The first-order chi connectivity index (χ1) is 11.1. The Kier molecular flexibility index (Phi) is 8.74. The number of anilines is 1. The van der Waals surface area contributed by atoms with Gasteiger partial charge in [0.15, 0.2) is 0 Å². The van der Waals surface area contributed by atoms with Crippen LogP contribution in [-0.4, -0.2) is 36.1 Å². The molecule has 1 aromatic rings. The third kappa shape index (κ3) is 6.37. The SMILES string of the molecule is CC(C)c1cc(Br)c(NC(=O)NCCN(C(C)C)C(C)C)c(Br)c1. The summed E-state index contributed by atoms with van der Waals surface area (Å²) in [6, 6.07) is 4.82. The minimum Gasteiger partial charge on any atom is -0.337 e. The van der Waals surface area contributed by atoms with Crippen LogP contribution in [0.3, 0.4) is 0 Å². The lowest BCUT2D eigenvalue weighted by Gasteiger charge is -2.30. The minimum absolute atomic E-state index is 0.193. The third-order valence-corrected chi connectivity index (χ3v) is 5.20. The molecular weight excluding hydrogens is 434 g/mol. The first-order valence-electron chi connectivity index (χ1n) is 8.43. The monoisotopic (exact) mass is 461 g/mol. The molecule has 0 saturated carbocycles. The summed E-state index contributed by atoms with van der Waals surface area (Å²) in [5.41, 5.74) is 1.96. The van der Waals surface area contributed by atoms with Crippen LogP contribution in [0.5, 0.6) is 0 Å². The number of amides is 2. The molecule has 0 aromatic heterocycles. The van der Waals surface area contributed by atoms with Gasteiger partial charge in [0.25, 0.3) is 0 Å². The second-order valence-corrected chi connectivity index (χ2v) is 8.53. The second kappa shape index (κ2) is 9.78. The maximum Gasteiger partial charge on any atom is 0.319 e. The van der Waals surface area contributed by atoms with E-state index in [0.29, 0.717) is 24.5 Å². The van der Waals surface area contributed by atoms with Crippen molar-refractivity contribution >= 4 is 43.6 Å². The van der Waals surface area contributed by atoms with E-state index in [2.05, 4.69) is 88.9 Å². The van der Waals surface area contributed by atoms with E-state index in [1.807, 2.05) is 12.1 Å². The highest BCUT2D eigenvalue weighted by Crippen LogP contribution is 2.34. The molecule has 0 bridgehead atoms. The van der Waals surface area contributed by atoms with Crippen molar-refractivity contribution < 1.29 is 4.79 Å². The molecule has 136 valence electrons. The van der Waals surface area contributed by atoms with Crippen molar-refractivity contribution in [1.29, 1.82) is 0 Å². The van der Waals surface area contributed by atoms with Crippen LogP contribution >= 0.6 is 31.9 Å². The Morgan fingerprint density at radius 2 is 1.54 bits per heavy atom. The molecule has 0 heterocycles. The number of hydrogen-bond donors (Lipinski definition) is 2. The topological polar surface area (TPSA) is 44.4 Å². The number of benzene rings is 1. The van der Waals surface area contributed by atoms with Crippen LogP contribution in [0.2, 0.25) is 0 Å². The summed E-state index contributed by atoms with van der Waals surface area (Å²) in [7, 11) is 0. The lowest BCUT2D eigenvalue weighted by Crippen LogP contribution is -2.43. The third-order valence-electron chi connectivity index (χ3n) is 3.95. The van der Waals surface area contributed by atoms with E-state index in [9.17, 15) is 4.79 Å². The molecule has 0 spiro atoms. The summed E-state index contributed by atoms with van der Waals surface area (Å²) >= 11 is 7.09. The highest BCUT2D eigenvalue weighted by molar-refractivity contribution is 9.11. The van der Waals surface area contributed by atoms with Crippen molar-refractivity contribution in [2.45, 2.75) is 59.5 Å². The van der Waals surface area contributed by atoms with Gasteiger partial charge in [0.2, 0.25) is 0 Å².